The summed E-state index contributed by atoms with van der Waals surface area (Å²) in [7, 11) is 0. The molecule has 0 aromatic carbocycles. The first-order chi connectivity index (χ1) is 8.20. The highest BCUT2D eigenvalue weighted by atomic mass is 32.1. The van der Waals surface area contributed by atoms with Crippen molar-refractivity contribution in [3.63, 3.8) is 0 Å². The van der Waals surface area contributed by atoms with Gasteiger partial charge in [0.1, 0.15) is 0 Å². The van der Waals surface area contributed by atoms with Crippen LogP contribution in [0.5, 0.6) is 0 Å². The number of nitrogens with zero attached hydrogens (tertiary/aromatic N) is 1. The molecule has 96 valence electrons. The Morgan fingerprint density at radius 1 is 1.47 bits per heavy atom. The number of hydrogen-bond donors (Lipinski definition) is 1. The first-order valence-electron chi connectivity index (χ1n) is 6.44. The molecule has 1 saturated heterocycles. The van der Waals surface area contributed by atoms with Crippen LogP contribution >= 0.6 is 11.3 Å². The van der Waals surface area contributed by atoms with Gasteiger partial charge in [-0.2, -0.15) is 0 Å². The van der Waals surface area contributed by atoms with Gasteiger partial charge in [0.15, 0.2) is 0 Å². The number of rotatable bonds is 4. The van der Waals surface area contributed by atoms with Crippen LogP contribution in [0.1, 0.15) is 28.9 Å². The second-order valence-electron chi connectivity index (χ2n) is 4.74. The van der Waals surface area contributed by atoms with Gasteiger partial charge in [0.05, 0.1) is 17.3 Å². The van der Waals surface area contributed by atoms with Crippen molar-refractivity contribution < 1.29 is 4.74 Å². The second kappa shape index (κ2) is 5.94. The molecule has 2 rings (SSSR count). The van der Waals surface area contributed by atoms with Gasteiger partial charge in [0, 0.05) is 29.9 Å². The monoisotopic (exact) mass is 254 g/mol. The van der Waals surface area contributed by atoms with E-state index < -0.39 is 0 Å². The van der Waals surface area contributed by atoms with Crippen molar-refractivity contribution in [3.05, 3.63) is 15.6 Å². The molecule has 3 nitrogen and oxygen atoms in total. The molecule has 2 heterocycles. The fourth-order valence-corrected chi connectivity index (χ4v) is 3.41. The normalized spacial score (nSPS) is 25.1. The fraction of sp³-hybridized carbons (Fsp3) is 0.769. The van der Waals surface area contributed by atoms with Gasteiger partial charge in [0.2, 0.25) is 0 Å². The maximum atomic E-state index is 5.60. The van der Waals surface area contributed by atoms with Gasteiger partial charge in [-0.25, -0.2) is 4.98 Å². The SMILES string of the molecule is CCNC1CCOCC1Cc1nc(C)c(C)s1. The van der Waals surface area contributed by atoms with Crippen LogP contribution in [0.2, 0.25) is 0 Å². The molecule has 1 aromatic heterocycles. The second-order valence-corrected chi connectivity index (χ2v) is 6.03. The quantitative estimate of drug-likeness (QED) is 0.895. The van der Waals surface area contributed by atoms with Gasteiger partial charge >= 0.3 is 0 Å². The van der Waals surface area contributed by atoms with Crippen LogP contribution in [0.15, 0.2) is 0 Å². The Morgan fingerprint density at radius 2 is 2.29 bits per heavy atom. The van der Waals surface area contributed by atoms with Crippen molar-refractivity contribution in [2.24, 2.45) is 5.92 Å². The lowest BCUT2D eigenvalue weighted by atomic mass is 9.93. The smallest absolute Gasteiger partial charge is 0.0935 e. The zero-order valence-electron chi connectivity index (χ0n) is 11.0. The predicted octanol–water partition coefficient (Wildman–Crippen LogP) is 2.32. The van der Waals surface area contributed by atoms with Crippen molar-refractivity contribution in [2.45, 2.75) is 39.7 Å². The number of nitrogens with one attached hydrogen (secondary N) is 1. The molecule has 2 unspecified atom stereocenters. The Bertz CT molecular complexity index is 343. The van der Waals surface area contributed by atoms with E-state index in [1.165, 1.54) is 15.6 Å². The standard InChI is InChI=1S/C13H22N2OS/c1-4-14-12-5-6-16-8-11(12)7-13-15-9(2)10(3)17-13/h11-12,14H,4-8H2,1-3H3. The lowest BCUT2D eigenvalue weighted by Crippen LogP contribution is -2.43. The van der Waals surface area contributed by atoms with E-state index in [2.05, 4.69) is 31.1 Å². The van der Waals surface area contributed by atoms with E-state index in [0.717, 1.165) is 32.6 Å². The minimum atomic E-state index is 0.577. The molecule has 0 bridgehead atoms. The van der Waals surface area contributed by atoms with E-state index in [9.17, 15) is 0 Å². The first kappa shape index (κ1) is 13.0. The van der Waals surface area contributed by atoms with Crippen molar-refractivity contribution in [1.82, 2.24) is 10.3 Å². The maximum Gasteiger partial charge on any atom is 0.0935 e. The summed E-state index contributed by atoms with van der Waals surface area (Å²) in [6.45, 7) is 9.21. The fourth-order valence-electron chi connectivity index (χ4n) is 2.38. The summed E-state index contributed by atoms with van der Waals surface area (Å²) in [5, 5.41) is 4.84. The molecule has 4 heteroatoms. The summed E-state index contributed by atoms with van der Waals surface area (Å²) in [5.74, 6) is 0.577. The highest BCUT2D eigenvalue weighted by molar-refractivity contribution is 7.11. The number of thiazole rings is 1. The molecule has 1 N–H and O–H groups in total. The average Bonchev–Trinajstić information content (AvgIpc) is 2.61. The summed E-state index contributed by atoms with van der Waals surface area (Å²) in [6.07, 6.45) is 2.18. The molecule has 2 atom stereocenters. The molecule has 1 fully saturated rings. The van der Waals surface area contributed by atoms with E-state index in [1.807, 2.05) is 11.3 Å². The van der Waals surface area contributed by atoms with Gasteiger partial charge in [0.25, 0.3) is 0 Å². The van der Waals surface area contributed by atoms with Gasteiger partial charge < -0.3 is 10.1 Å². The Kier molecular flexibility index (Phi) is 4.54. The van der Waals surface area contributed by atoms with E-state index in [4.69, 9.17) is 4.74 Å². The van der Waals surface area contributed by atoms with Crippen molar-refractivity contribution in [1.29, 1.82) is 0 Å². The molecule has 0 amide bonds. The van der Waals surface area contributed by atoms with Crippen LogP contribution in [-0.2, 0) is 11.2 Å². The number of ether oxygens (including phenoxy) is 1. The van der Waals surface area contributed by atoms with Gasteiger partial charge in [-0.1, -0.05) is 6.92 Å². The molecule has 0 saturated carbocycles. The molecule has 0 aliphatic carbocycles. The highest BCUT2D eigenvalue weighted by Gasteiger charge is 2.26. The number of aromatic nitrogens is 1. The lowest BCUT2D eigenvalue weighted by molar-refractivity contribution is 0.0326. The third-order valence-electron chi connectivity index (χ3n) is 3.45. The molecular weight excluding hydrogens is 232 g/mol. The van der Waals surface area contributed by atoms with E-state index in [-0.39, 0.29) is 0 Å². The first-order valence-corrected chi connectivity index (χ1v) is 7.26. The topological polar surface area (TPSA) is 34.1 Å². The van der Waals surface area contributed by atoms with Crippen LogP contribution in [0.25, 0.3) is 0 Å². The molecule has 1 aliphatic rings. The molecule has 1 aliphatic heterocycles. The number of hydrogen-bond acceptors (Lipinski definition) is 4. The van der Waals surface area contributed by atoms with Crippen LogP contribution in [0.3, 0.4) is 0 Å². The van der Waals surface area contributed by atoms with Crippen molar-refractivity contribution in [3.8, 4) is 0 Å². The van der Waals surface area contributed by atoms with Crippen LogP contribution in [0, 0.1) is 19.8 Å². The Morgan fingerprint density at radius 3 is 2.94 bits per heavy atom. The van der Waals surface area contributed by atoms with E-state index in [0.29, 0.717) is 12.0 Å². The maximum absolute atomic E-state index is 5.60. The number of aryl methyl sites for hydroxylation is 2. The zero-order valence-corrected chi connectivity index (χ0v) is 11.8. The summed E-state index contributed by atoms with van der Waals surface area (Å²) >= 11 is 1.83. The van der Waals surface area contributed by atoms with Gasteiger partial charge in [-0.15, -0.1) is 11.3 Å². The van der Waals surface area contributed by atoms with Crippen LogP contribution in [-0.4, -0.2) is 30.8 Å². The highest BCUT2D eigenvalue weighted by Crippen LogP contribution is 2.24. The van der Waals surface area contributed by atoms with Crippen LogP contribution < -0.4 is 5.32 Å². The van der Waals surface area contributed by atoms with E-state index >= 15 is 0 Å². The minimum Gasteiger partial charge on any atom is -0.381 e. The zero-order chi connectivity index (χ0) is 12.3. The van der Waals surface area contributed by atoms with Gasteiger partial charge in [-0.05, 0) is 26.8 Å². The minimum absolute atomic E-state index is 0.577. The lowest BCUT2D eigenvalue weighted by Gasteiger charge is -2.31. The van der Waals surface area contributed by atoms with Gasteiger partial charge in [-0.3, -0.25) is 0 Å². The summed E-state index contributed by atoms with van der Waals surface area (Å²) < 4.78 is 5.60. The summed E-state index contributed by atoms with van der Waals surface area (Å²) in [4.78, 5) is 5.98. The predicted molar refractivity (Wildman–Crippen MR) is 71.7 cm³/mol. The Labute approximate surface area is 108 Å². The molecule has 0 spiro atoms. The van der Waals surface area contributed by atoms with Crippen molar-refractivity contribution >= 4 is 11.3 Å². The summed E-state index contributed by atoms with van der Waals surface area (Å²) in [6, 6.07) is 0.596. The molecule has 0 radical (unpaired) electrons. The Hall–Kier alpha value is -0.450. The third-order valence-corrected chi connectivity index (χ3v) is 4.55. The van der Waals surface area contributed by atoms with Crippen LogP contribution in [0.4, 0.5) is 0 Å². The molecular formula is C13H22N2OS. The summed E-state index contributed by atoms with van der Waals surface area (Å²) in [5.41, 5.74) is 1.18. The molecule has 1 aromatic rings. The average molecular weight is 254 g/mol. The van der Waals surface area contributed by atoms with E-state index in [1.54, 1.807) is 0 Å². The largest absolute Gasteiger partial charge is 0.381 e. The molecule has 17 heavy (non-hydrogen) atoms. The Balaban J connectivity index is 2.00. The van der Waals surface area contributed by atoms with Crippen molar-refractivity contribution in [2.75, 3.05) is 19.8 Å². The third kappa shape index (κ3) is 3.27.